The number of hydrogen-bond acceptors (Lipinski definition) is 5. The molecule has 0 saturated heterocycles. The number of rotatable bonds is 8. The minimum atomic E-state index is -1.88. The Morgan fingerprint density at radius 2 is 1.50 bits per heavy atom. The summed E-state index contributed by atoms with van der Waals surface area (Å²) in [6.45, 7) is 3.73. The maximum atomic E-state index is 11.7. The van der Waals surface area contributed by atoms with Gasteiger partial charge in [-0.2, -0.15) is 0 Å². The summed E-state index contributed by atoms with van der Waals surface area (Å²) in [7, 11) is -1.88. The van der Waals surface area contributed by atoms with Crippen molar-refractivity contribution >= 4 is 10.8 Å². The maximum absolute atomic E-state index is 11.7. The fourth-order valence-electron chi connectivity index (χ4n) is 0.763. The molecule has 0 aromatic rings. The van der Waals surface area contributed by atoms with E-state index in [0.29, 0.717) is 0 Å². The Labute approximate surface area is 94.4 Å². The Morgan fingerprint density at radius 3 is 1.75 bits per heavy atom. The number of azide groups is 2. The predicted octanol–water partition coefficient (Wildman–Crippen LogP) is 2.00. The van der Waals surface area contributed by atoms with Gasteiger partial charge in [-0.25, -0.2) is 0 Å². The van der Waals surface area contributed by atoms with Crippen LogP contribution in [0.25, 0.3) is 20.9 Å². The molecule has 0 aromatic carbocycles. The topological polar surface area (TPSA) is 133 Å². The summed E-state index contributed by atoms with van der Waals surface area (Å²) in [5.74, 6) is 0. The van der Waals surface area contributed by atoms with Crippen LogP contribution in [0.15, 0.2) is 10.2 Å². The van der Waals surface area contributed by atoms with Crippen LogP contribution in [-0.2, 0) is 20.3 Å². The lowest BCUT2D eigenvalue weighted by Gasteiger charge is -2.15. The van der Waals surface area contributed by atoms with Gasteiger partial charge in [0.15, 0.2) is 0 Å². The third-order valence-corrected chi connectivity index (χ3v) is 2.56. The maximum Gasteiger partial charge on any atom is 0.213 e. The van der Waals surface area contributed by atoms with Crippen LogP contribution < -0.4 is 0 Å². The molecule has 0 aliphatic carbocycles. The van der Waals surface area contributed by atoms with Crippen LogP contribution in [0.2, 0.25) is 0 Å². The monoisotopic (exact) mass is 248 g/mol. The molecule has 0 heterocycles. The average Bonchev–Trinajstić information content (AvgIpc) is 2.27. The molecule has 0 spiro atoms. The fourth-order valence-corrected chi connectivity index (χ4v) is 1.77. The zero-order valence-electron chi connectivity index (χ0n) is 8.89. The summed E-state index contributed by atoms with van der Waals surface area (Å²) >= 11 is 0. The first-order chi connectivity index (χ1) is 7.71. The fraction of sp³-hybridized carbons (Fsp3) is 1.00. The van der Waals surface area contributed by atoms with Gasteiger partial charge in [-0.05, 0) is 35.1 Å². The van der Waals surface area contributed by atoms with E-state index in [1.54, 1.807) is 13.8 Å². The highest BCUT2D eigenvalue weighted by Gasteiger charge is 2.24. The summed E-state index contributed by atoms with van der Waals surface area (Å²) in [5.41, 5.74) is 14.1. The van der Waals surface area contributed by atoms with E-state index < -0.39 is 21.9 Å². The number of hydrogen-bond donors (Lipinski definition) is 0. The van der Waals surface area contributed by atoms with Gasteiger partial charge < -0.3 is 9.47 Å². The summed E-state index contributed by atoms with van der Waals surface area (Å²) in [4.78, 5) is 4.99. The van der Waals surface area contributed by atoms with Gasteiger partial charge in [-0.15, -0.1) is 0 Å². The summed E-state index contributed by atoms with van der Waals surface area (Å²) in [6.07, 6.45) is 0. The highest BCUT2D eigenvalue weighted by molar-refractivity contribution is 7.85. The summed E-state index contributed by atoms with van der Waals surface area (Å²) < 4.78 is 21.6. The zero-order chi connectivity index (χ0) is 12.4. The molecule has 0 amide bonds. The van der Waals surface area contributed by atoms with Crippen molar-refractivity contribution in [2.45, 2.75) is 25.0 Å². The quantitative estimate of drug-likeness (QED) is 0.369. The van der Waals surface area contributed by atoms with Crippen LogP contribution in [0.4, 0.5) is 0 Å². The SMILES string of the molecule is CCOC(N=[N+]=[N-])S(=O)C(N=[N+]=[N-])OCC. The van der Waals surface area contributed by atoms with Gasteiger partial charge in [0.05, 0.1) is 10.8 Å². The first-order valence-electron chi connectivity index (χ1n) is 4.42. The first kappa shape index (κ1) is 14.7. The first-order valence-corrected chi connectivity index (χ1v) is 5.69. The minimum Gasteiger partial charge on any atom is -0.359 e. The van der Waals surface area contributed by atoms with E-state index in [-0.39, 0.29) is 13.2 Å². The van der Waals surface area contributed by atoms with Crippen molar-refractivity contribution in [1.82, 2.24) is 0 Å². The largest absolute Gasteiger partial charge is 0.359 e. The molecule has 0 aromatic heterocycles. The molecule has 0 bridgehead atoms. The summed E-state index contributed by atoms with van der Waals surface area (Å²) in [5, 5.41) is 6.39. The van der Waals surface area contributed by atoms with E-state index in [1.165, 1.54) is 0 Å². The van der Waals surface area contributed by atoms with E-state index >= 15 is 0 Å². The van der Waals surface area contributed by atoms with Gasteiger partial charge >= 0.3 is 0 Å². The van der Waals surface area contributed by atoms with Gasteiger partial charge in [0.2, 0.25) is 11.1 Å². The van der Waals surface area contributed by atoms with E-state index in [1.807, 2.05) is 0 Å². The zero-order valence-corrected chi connectivity index (χ0v) is 9.70. The molecule has 2 atom stereocenters. The third-order valence-electron chi connectivity index (χ3n) is 1.31. The van der Waals surface area contributed by atoms with Crippen molar-refractivity contribution in [2.24, 2.45) is 10.2 Å². The molecule has 0 radical (unpaired) electrons. The predicted molar refractivity (Wildman–Crippen MR) is 57.3 cm³/mol. The molecule has 0 aliphatic rings. The Balaban J connectivity index is 4.77. The Hall–Kier alpha value is -1.31. The molecule has 0 saturated carbocycles. The van der Waals surface area contributed by atoms with Crippen LogP contribution in [0.1, 0.15) is 13.8 Å². The Morgan fingerprint density at radius 1 is 1.12 bits per heavy atom. The second kappa shape index (κ2) is 8.96. The number of nitrogens with zero attached hydrogens (tertiary/aromatic N) is 6. The lowest BCUT2D eigenvalue weighted by Crippen LogP contribution is -2.27. The summed E-state index contributed by atoms with van der Waals surface area (Å²) in [6, 6.07) is 0. The molecule has 0 rings (SSSR count). The van der Waals surface area contributed by atoms with Gasteiger partial charge in [0.25, 0.3) is 0 Å². The van der Waals surface area contributed by atoms with Crippen molar-refractivity contribution in [3.8, 4) is 0 Å². The lowest BCUT2D eigenvalue weighted by atomic mass is 10.9. The van der Waals surface area contributed by atoms with Gasteiger partial charge in [0.1, 0.15) is 0 Å². The van der Waals surface area contributed by atoms with E-state index in [4.69, 9.17) is 20.5 Å². The Bertz CT molecular complexity index is 294. The molecule has 10 heteroatoms. The molecule has 0 aliphatic heterocycles. The molecular formula is C6H12N6O3S. The molecule has 0 fully saturated rings. The van der Waals surface area contributed by atoms with Crippen LogP contribution in [0.5, 0.6) is 0 Å². The van der Waals surface area contributed by atoms with Crippen LogP contribution in [0.3, 0.4) is 0 Å². The van der Waals surface area contributed by atoms with Crippen LogP contribution in [-0.4, -0.2) is 28.5 Å². The van der Waals surface area contributed by atoms with Crippen LogP contribution >= 0.6 is 0 Å². The van der Waals surface area contributed by atoms with Gasteiger partial charge in [-0.1, -0.05) is 0 Å². The van der Waals surface area contributed by atoms with Gasteiger partial charge in [0, 0.05) is 23.0 Å². The molecular weight excluding hydrogens is 236 g/mol. The van der Waals surface area contributed by atoms with E-state index in [0.717, 1.165) is 0 Å². The third kappa shape index (κ3) is 4.96. The average molecular weight is 248 g/mol. The van der Waals surface area contributed by atoms with Crippen LogP contribution in [0, 0.1) is 0 Å². The lowest BCUT2D eigenvalue weighted by molar-refractivity contribution is 0.102. The highest BCUT2D eigenvalue weighted by atomic mass is 32.2. The highest BCUT2D eigenvalue weighted by Crippen LogP contribution is 2.11. The smallest absolute Gasteiger partial charge is 0.213 e. The molecule has 0 N–H and O–H groups in total. The van der Waals surface area contributed by atoms with Gasteiger partial charge in [-0.3, -0.25) is 4.21 Å². The standard InChI is InChI=1S/C6H12N6O3S/c1-3-14-5(9-11-7)16(13)6(10-12-8)15-4-2/h5-6H,3-4H2,1-2H3. The second-order valence-corrected chi connectivity index (χ2v) is 3.73. The molecule has 2 unspecified atom stereocenters. The normalized spacial score (nSPS) is 15.4. The molecule has 90 valence electrons. The second-order valence-electron chi connectivity index (χ2n) is 2.26. The Kier molecular flexibility index (Phi) is 8.22. The van der Waals surface area contributed by atoms with Crippen molar-refractivity contribution in [3.63, 3.8) is 0 Å². The molecule has 16 heavy (non-hydrogen) atoms. The van der Waals surface area contributed by atoms with E-state index in [2.05, 4.69) is 20.1 Å². The van der Waals surface area contributed by atoms with Crippen molar-refractivity contribution in [2.75, 3.05) is 13.2 Å². The minimum absolute atomic E-state index is 0.213. The van der Waals surface area contributed by atoms with Crippen molar-refractivity contribution in [1.29, 1.82) is 0 Å². The van der Waals surface area contributed by atoms with E-state index in [9.17, 15) is 4.21 Å². The van der Waals surface area contributed by atoms with Crippen molar-refractivity contribution < 1.29 is 13.7 Å². The van der Waals surface area contributed by atoms with Crippen molar-refractivity contribution in [3.05, 3.63) is 20.9 Å². The molecule has 9 nitrogen and oxygen atoms in total. The number of ether oxygens (including phenoxy) is 2.